The number of hydrogen-bond acceptors (Lipinski definition) is 6. The first-order chi connectivity index (χ1) is 10.7. The van der Waals surface area contributed by atoms with Crippen molar-refractivity contribution in [2.45, 2.75) is 12.6 Å². The third-order valence-electron chi connectivity index (χ3n) is 2.79. The molecular formula is C13H14F3NO6. The second kappa shape index (κ2) is 7.77. The average molecular weight is 337 g/mol. The Labute approximate surface area is 129 Å². The molecule has 0 radical (unpaired) electrons. The summed E-state index contributed by atoms with van der Waals surface area (Å²) in [5.41, 5.74) is -2.69. The van der Waals surface area contributed by atoms with E-state index in [2.05, 4.69) is 4.74 Å². The number of carbonyl (C=O) groups is 1. The molecule has 0 aliphatic rings. The molecular weight excluding hydrogens is 323 g/mol. The lowest BCUT2D eigenvalue weighted by Crippen LogP contribution is -2.14. The molecule has 7 nitrogen and oxygen atoms in total. The van der Waals surface area contributed by atoms with Gasteiger partial charge in [0.1, 0.15) is 17.9 Å². The van der Waals surface area contributed by atoms with Gasteiger partial charge < -0.3 is 14.2 Å². The summed E-state index contributed by atoms with van der Waals surface area (Å²) in [4.78, 5) is 21.0. The molecule has 10 heteroatoms. The first-order valence-corrected chi connectivity index (χ1v) is 6.27. The van der Waals surface area contributed by atoms with Gasteiger partial charge in [-0.25, -0.2) is 0 Å². The van der Waals surface area contributed by atoms with E-state index in [9.17, 15) is 28.1 Å². The lowest BCUT2D eigenvalue weighted by Gasteiger charge is -2.14. The lowest BCUT2D eigenvalue weighted by atomic mass is 10.0. The van der Waals surface area contributed by atoms with Gasteiger partial charge in [0, 0.05) is 18.7 Å². The highest BCUT2D eigenvalue weighted by Gasteiger charge is 2.39. The molecule has 1 rings (SSSR count). The van der Waals surface area contributed by atoms with Gasteiger partial charge in [-0.15, -0.1) is 0 Å². The molecule has 0 N–H and O–H groups in total. The van der Waals surface area contributed by atoms with E-state index in [1.807, 2.05) is 0 Å². The molecule has 23 heavy (non-hydrogen) atoms. The summed E-state index contributed by atoms with van der Waals surface area (Å²) in [7, 11) is 2.46. The number of nitro benzene ring substituents is 1. The number of benzene rings is 1. The number of ether oxygens (including phenoxy) is 3. The Morgan fingerprint density at radius 2 is 1.91 bits per heavy atom. The minimum Gasteiger partial charge on any atom is -0.491 e. The number of alkyl halides is 3. The van der Waals surface area contributed by atoms with E-state index in [1.54, 1.807) is 0 Å². The quantitative estimate of drug-likeness (QED) is 0.328. The molecule has 0 atom stereocenters. The summed E-state index contributed by atoms with van der Waals surface area (Å²) in [6, 6.07) is 1.17. The predicted octanol–water partition coefficient (Wildman–Crippen LogP) is 2.35. The molecule has 0 aromatic heterocycles. The zero-order valence-electron chi connectivity index (χ0n) is 12.3. The minimum absolute atomic E-state index is 0.0762. The summed E-state index contributed by atoms with van der Waals surface area (Å²) >= 11 is 0. The van der Waals surface area contributed by atoms with Crippen LogP contribution in [0.4, 0.5) is 18.9 Å². The molecule has 0 saturated carbocycles. The second-order valence-corrected chi connectivity index (χ2v) is 4.33. The Balaban J connectivity index is 3.36. The van der Waals surface area contributed by atoms with E-state index >= 15 is 0 Å². The Kier molecular flexibility index (Phi) is 6.31. The molecule has 1 aromatic carbocycles. The number of carbonyl (C=O) groups excluding carboxylic acids is 1. The third kappa shape index (κ3) is 5.09. The predicted molar refractivity (Wildman–Crippen MR) is 71.2 cm³/mol. The maximum Gasteiger partial charge on any atom is 0.423 e. The normalized spacial score (nSPS) is 11.2. The van der Waals surface area contributed by atoms with Gasteiger partial charge in [-0.1, -0.05) is 0 Å². The van der Waals surface area contributed by atoms with Crippen molar-refractivity contribution in [1.29, 1.82) is 0 Å². The van der Waals surface area contributed by atoms with Crippen LogP contribution in [0, 0.1) is 10.1 Å². The molecule has 0 spiro atoms. The van der Waals surface area contributed by atoms with Crippen LogP contribution in [-0.4, -0.2) is 38.3 Å². The summed E-state index contributed by atoms with van der Waals surface area (Å²) in [6.45, 7) is 0.00971. The van der Waals surface area contributed by atoms with Crippen molar-refractivity contribution in [3.8, 4) is 5.75 Å². The van der Waals surface area contributed by atoms with Crippen LogP contribution in [0.3, 0.4) is 0 Å². The number of halogens is 3. The molecule has 0 fully saturated rings. The number of rotatable bonds is 7. The van der Waals surface area contributed by atoms with E-state index in [0.29, 0.717) is 12.1 Å². The van der Waals surface area contributed by atoms with Gasteiger partial charge in [0.15, 0.2) is 0 Å². The van der Waals surface area contributed by atoms with Crippen molar-refractivity contribution in [1.82, 2.24) is 0 Å². The summed E-state index contributed by atoms with van der Waals surface area (Å²) in [5, 5.41) is 10.9. The van der Waals surface area contributed by atoms with Crippen LogP contribution in [0.25, 0.3) is 0 Å². The van der Waals surface area contributed by atoms with Crippen LogP contribution in [0.15, 0.2) is 12.1 Å². The van der Waals surface area contributed by atoms with Crippen LogP contribution < -0.4 is 4.74 Å². The third-order valence-corrected chi connectivity index (χ3v) is 2.79. The van der Waals surface area contributed by atoms with E-state index in [1.165, 1.54) is 7.11 Å². The Morgan fingerprint density at radius 1 is 1.26 bits per heavy atom. The molecule has 0 saturated heterocycles. The van der Waals surface area contributed by atoms with Crippen LogP contribution in [0.2, 0.25) is 0 Å². The Morgan fingerprint density at radius 3 is 2.39 bits per heavy atom. The lowest BCUT2D eigenvalue weighted by molar-refractivity contribution is -0.388. The van der Waals surface area contributed by atoms with Gasteiger partial charge in [-0.2, -0.15) is 13.2 Å². The van der Waals surface area contributed by atoms with Crippen LogP contribution in [0.5, 0.6) is 5.75 Å². The summed E-state index contributed by atoms with van der Waals surface area (Å²) in [5.74, 6) is -1.05. The van der Waals surface area contributed by atoms with Gasteiger partial charge in [0.05, 0.1) is 25.1 Å². The van der Waals surface area contributed by atoms with E-state index in [-0.39, 0.29) is 24.5 Å². The molecule has 0 amide bonds. The Hall–Kier alpha value is -2.36. The fourth-order valence-corrected chi connectivity index (χ4v) is 1.72. The van der Waals surface area contributed by atoms with Crippen molar-refractivity contribution in [3.63, 3.8) is 0 Å². The highest BCUT2D eigenvalue weighted by Crippen LogP contribution is 2.40. The average Bonchev–Trinajstić information content (AvgIpc) is 2.46. The molecule has 0 unspecified atom stereocenters. The first kappa shape index (κ1) is 18.7. The largest absolute Gasteiger partial charge is 0.491 e. The van der Waals surface area contributed by atoms with Gasteiger partial charge in [-0.05, 0) is 6.07 Å². The van der Waals surface area contributed by atoms with Crippen LogP contribution in [-0.2, 0) is 26.9 Å². The van der Waals surface area contributed by atoms with E-state index in [4.69, 9.17) is 9.47 Å². The molecule has 128 valence electrons. The van der Waals surface area contributed by atoms with Crippen LogP contribution >= 0.6 is 0 Å². The molecule has 0 bridgehead atoms. The van der Waals surface area contributed by atoms with E-state index in [0.717, 1.165) is 7.11 Å². The summed E-state index contributed by atoms with van der Waals surface area (Å²) < 4.78 is 53.2. The fourth-order valence-electron chi connectivity index (χ4n) is 1.72. The van der Waals surface area contributed by atoms with Gasteiger partial charge in [0.25, 0.3) is 5.69 Å². The molecule has 1 aromatic rings. The zero-order chi connectivity index (χ0) is 17.6. The van der Waals surface area contributed by atoms with Crippen molar-refractivity contribution in [2.24, 2.45) is 0 Å². The molecule has 0 aliphatic carbocycles. The standard InChI is InChI=1S/C13H14F3NO6/c1-21-3-4-23-11-7-9(13(14,15)16)10(17(19)20)5-8(11)6-12(18)22-2/h5,7H,3-4,6H2,1-2H3. The number of methoxy groups -OCH3 is 2. The number of hydrogen-bond donors (Lipinski definition) is 0. The van der Waals surface area contributed by atoms with Crippen molar-refractivity contribution < 1.29 is 37.1 Å². The monoisotopic (exact) mass is 337 g/mol. The number of nitro groups is 1. The smallest absolute Gasteiger partial charge is 0.423 e. The molecule has 0 aliphatic heterocycles. The van der Waals surface area contributed by atoms with Crippen LogP contribution in [0.1, 0.15) is 11.1 Å². The van der Waals surface area contributed by atoms with Crippen molar-refractivity contribution in [3.05, 3.63) is 33.4 Å². The Bertz CT molecular complexity index is 588. The zero-order valence-corrected chi connectivity index (χ0v) is 12.3. The summed E-state index contributed by atoms with van der Waals surface area (Å²) in [6.07, 6.45) is -5.40. The molecule has 0 heterocycles. The number of nitrogens with zero attached hydrogens (tertiary/aromatic N) is 1. The maximum atomic E-state index is 13.0. The van der Waals surface area contributed by atoms with Gasteiger partial charge >= 0.3 is 12.1 Å². The topological polar surface area (TPSA) is 87.9 Å². The second-order valence-electron chi connectivity index (χ2n) is 4.33. The highest BCUT2D eigenvalue weighted by molar-refractivity contribution is 5.74. The van der Waals surface area contributed by atoms with Crippen molar-refractivity contribution in [2.75, 3.05) is 27.4 Å². The minimum atomic E-state index is -4.94. The van der Waals surface area contributed by atoms with Crippen molar-refractivity contribution >= 4 is 11.7 Å². The maximum absolute atomic E-state index is 13.0. The SMILES string of the molecule is COCCOc1cc(C(F)(F)F)c([N+](=O)[O-])cc1CC(=O)OC. The highest BCUT2D eigenvalue weighted by atomic mass is 19.4. The van der Waals surface area contributed by atoms with E-state index < -0.39 is 34.7 Å². The van der Waals surface area contributed by atoms with Gasteiger partial charge in [0.2, 0.25) is 0 Å². The number of esters is 1. The fraction of sp³-hybridized carbons (Fsp3) is 0.462. The first-order valence-electron chi connectivity index (χ1n) is 6.27. The van der Waals surface area contributed by atoms with Gasteiger partial charge in [-0.3, -0.25) is 14.9 Å².